The number of anilines is 1. The van der Waals surface area contributed by atoms with E-state index < -0.39 is 5.56 Å². The molecule has 2 aliphatic rings. The van der Waals surface area contributed by atoms with E-state index in [-0.39, 0.29) is 17.1 Å². The largest absolute Gasteiger partial charge is 0.437 e. The molecule has 1 aliphatic heterocycles. The van der Waals surface area contributed by atoms with Crippen molar-refractivity contribution in [1.29, 1.82) is 0 Å². The third kappa shape index (κ3) is 3.26. The minimum Gasteiger partial charge on any atom is -0.437 e. The summed E-state index contributed by atoms with van der Waals surface area (Å²) in [6.45, 7) is 0. The summed E-state index contributed by atoms with van der Waals surface area (Å²) >= 11 is 1.29. The minimum atomic E-state index is -0.814. The van der Waals surface area contributed by atoms with Crippen LogP contribution in [0.4, 0.5) is 5.82 Å². The van der Waals surface area contributed by atoms with Crippen LogP contribution in [0.2, 0.25) is 0 Å². The van der Waals surface area contributed by atoms with Crippen molar-refractivity contribution in [2.75, 3.05) is 19.0 Å². The molecule has 0 radical (unpaired) electrons. The number of carbonyl (C=O) groups is 1. The number of thioether (sulfide) groups is 1. The number of fused-ring (bicyclic) bond motifs is 2. The second-order valence-electron chi connectivity index (χ2n) is 7.79. The van der Waals surface area contributed by atoms with Gasteiger partial charge in [-0.3, -0.25) is 4.79 Å². The monoisotopic (exact) mass is 422 g/mol. The van der Waals surface area contributed by atoms with Gasteiger partial charge >= 0.3 is 0 Å². The number of carbonyl (C=O) groups excluding carboxylic acids is 1. The van der Waals surface area contributed by atoms with Gasteiger partial charge in [-0.15, -0.1) is 10.2 Å². The van der Waals surface area contributed by atoms with Crippen LogP contribution in [0.5, 0.6) is 11.6 Å². The van der Waals surface area contributed by atoms with Gasteiger partial charge in [-0.2, -0.15) is 0 Å². The van der Waals surface area contributed by atoms with Gasteiger partial charge in [-0.25, -0.2) is 0 Å². The van der Waals surface area contributed by atoms with Crippen molar-refractivity contribution < 1.29 is 14.6 Å². The summed E-state index contributed by atoms with van der Waals surface area (Å²) in [4.78, 5) is 14.1. The number of amides is 1. The Bertz CT molecular complexity index is 1140. The van der Waals surface area contributed by atoms with E-state index in [0.717, 1.165) is 35.0 Å². The van der Waals surface area contributed by atoms with Crippen LogP contribution in [0.15, 0.2) is 42.5 Å². The molecular formula is C22H22N4O3S. The molecule has 1 saturated heterocycles. The lowest BCUT2D eigenvalue weighted by Crippen LogP contribution is -2.29. The molecule has 7 nitrogen and oxygen atoms in total. The Morgan fingerprint density at radius 3 is 2.70 bits per heavy atom. The molecule has 0 saturated carbocycles. The molecule has 2 heterocycles. The van der Waals surface area contributed by atoms with Crippen molar-refractivity contribution in [1.82, 2.24) is 15.5 Å². The topological polar surface area (TPSA) is 87.6 Å². The number of nitrogens with one attached hydrogen (secondary N) is 1. The minimum absolute atomic E-state index is 0.0894. The summed E-state index contributed by atoms with van der Waals surface area (Å²) in [5.74, 6) is 1.99. The predicted octanol–water partition coefficient (Wildman–Crippen LogP) is 3.03. The summed E-state index contributed by atoms with van der Waals surface area (Å²) in [6.07, 6.45) is 1.76. The average Bonchev–Trinajstić information content (AvgIpc) is 3.29. The van der Waals surface area contributed by atoms with Crippen LogP contribution in [0, 0.1) is 0 Å². The Labute approximate surface area is 178 Å². The Morgan fingerprint density at radius 1 is 1.17 bits per heavy atom. The maximum Gasteiger partial charge on any atom is 0.246 e. The van der Waals surface area contributed by atoms with Gasteiger partial charge in [0.15, 0.2) is 11.4 Å². The number of nitrogens with zero attached hydrogens (tertiary/aromatic N) is 3. The van der Waals surface area contributed by atoms with Crippen molar-refractivity contribution in [3.8, 4) is 11.6 Å². The molecule has 2 aromatic carbocycles. The SMILES string of the molecule is CN(C)c1nnc(Oc2ccc3c(c2)CCC3C2SC(O)NC2=O)c2ccccc12. The van der Waals surface area contributed by atoms with E-state index in [1.165, 1.54) is 17.3 Å². The van der Waals surface area contributed by atoms with E-state index in [0.29, 0.717) is 11.6 Å². The van der Waals surface area contributed by atoms with Gasteiger partial charge in [0.2, 0.25) is 11.8 Å². The molecule has 1 aromatic heterocycles. The zero-order chi connectivity index (χ0) is 20.8. The molecule has 3 atom stereocenters. The first-order valence-electron chi connectivity index (χ1n) is 9.88. The summed E-state index contributed by atoms with van der Waals surface area (Å²) in [5.41, 5.74) is 1.52. The average molecular weight is 423 g/mol. The van der Waals surface area contributed by atoms with Crippen LogP contribution >= 0.6 is 11.8 Å². The zero-order valence-corrected chi connectivity index (χ0v) is 17.5. The molecular weight excluding hydrogens is 400 g/mol. The van der Waals surface area contributed by atoms with Gasteiger partial charge in [0, 0.05) is 30.8 Å². The third-order valence-corrected chi connectivity index (χ3v) is 6.89. The highest BCUT2D eigenvalue weighted by atomic mass is 32.2. The van der Waals surface area contributed by atoms with Crippen molar-refractivity contribution >= 4 is 34.3 Å². The number of aliphatic hydroxyl groups is 1. The summed E-state index contributed by atoms with van der Waals surface area (Å²) in [6, 6.07) is 13.9. The highest BCUT2D eigenvalue weighted by Gasteiger charge is 2.41. The number of aromatic nitrogens is 2. The molecule has 154 valence electrons. The maximum atomic E-state index is 12.2. The number of aryl methyl sites for hydroxylation is 1. The number of hydrogen-bond acceptors (Lipinski definition) is 7. The number of ether oxygens (including phenoxy) is 1. The van der Waals surface area contributed by atoms with Crippen LogP contribution in [0.3, 0.4) is 0 Å². The lowest BCUT2D eigenvalue weighted by atomic mass is 9.97. The summed E-state index contributed by atoms with van der Waals surface area (Å²) < 4.78 is 6.13. The smallest absolute Gasteiger partial charge is 0.246 e. The van der Waals surface area contributed by atoms with Crippen LogP contribution in [0.1, 0.15) is 23.5 Å². The van der Waals surface area contributed by atoms with E-state index >= 15 is 0 Å². The molecule has 1 fully saturated rings. The molecule has 30 heavy (non-hydrogen) atoms. The fourth-order valence-corrected chi connectivity index (χ4v) is 5.43. The zero-order valence-electron chi connectivity index (χ0n) is 16.7. The predicted molar refractivity (Wildman–Crippen MR) is 117 cm³/mol. The standard InChI is InChI=1S/C22H22N4O3S/c1-26(2)19-16-5-3-4-6-17(16)21(25-24-19)29-13-8-10-14-12(11-13)7-9-15(14)18-20(27)23-22(28)30-18/h3-6,8,10-11,15,18,22,28H,7,9H2,1-2H3,(H,23,27). The van der Waals surface area contributed by atoms with Gasteiger partial charge in [0.1, 0.15) is 5.75 Å². The van der Waals surface area contributed by atoms with Crippen molar-refractivity contribution in [2.24, 2.45) is 0 Å². The molecule has 0 spiro atoms. The van der Waals surface area contributed by atoms with Crippen molar-refractivity contribution in [3.05, 3.63) is 53.6 Å². The second-order valence-corrected chi connectivity index (χ2v) is 9.02. The van der Waals surface area contributed by atoms with Gasteiger partial charge in [0.05, 0.1) is 5.25 Å². The van der Waals surface area contributed by atoms with Crippen LogP contribution < -0.4 is 15.0 Å². The highest BCUT2D eigenvalue weighted by Crippen LogP contribution is 2.44. The molecule has 3 aromatic rings. The second kappa shape index (κ2) is 7.45. The Balaban J connectivity index is 1.44. The number of aliphatic hydroxyl groups excluding tert-OH is 1. The molecule has 8 heteroatoms. The lowest BCUT2D eigenvalue weighted by molar-refractivity contribution is -0.121. The van der Waals surface area contributed by atoms with Crippen molar-refractivity contribution in [3.63, 3.8) is 0 Å². The maximum absolute atomic E-state index is 12.2. The fourth-order valence-electron chi connectivity index (χ4n) is 4.30. The van der Waals surface area contributed by atoms with Crippen LogP contribution in [0.25, 0.3) is 10.8 Å². The first kappa shape index (κ1) is 19.1. The van der Waals surface area contributed by atoms with Gasteiger partial charge in [-0.1, -0.05) is 36.0 Å². The summed E-state index contributed by atoms with van der Waals surface area (Å²) in [5, 5.41) is 22.6. The van der Waals surface area contributed by atoms with Gasteiger partial charge < -0.3 is 20.1 Å². The normalized spacial score (nSPS) is 22.8. The van der Waals surface area contributed by atoms with Crippen molar-refractivity contribution in [2.45, 2.75) is 29.6 Å². The molecule has 5 rings (SSSR count). The molecule has 0 bridgehead atoms. The molecule has 1 aliphatic carbocycles. The first-order chi connectivity index (χ1) is 14.5. The molecule has 3 unspecified atom stereocenters. The van der Waals surface area contributed by atoms with Gasteiger partial charge in [-0.05, 0) is 42.2 Å². The van der Waals surface area contributed by atoms with E-state index in [9.17, 15) is 9.90 Å². The Hall–Kier alpha value is -2.84. The Kier molecular flexibility index (Phi) is 4.75. The highest BCUT2D eigenvalue weighted by molar-refractivity contribution is 8.01. The number of benzene rings is 2. The van der Waals surface area contributed by atoms with E-state index in [2.05, 4.69) is 15.5 Å². The first-order valence-corrected chi connectivity index (χ1v) is 10.8. The molecule has 1 amide bonds. The number of rotatable bonds is 4. The van der Waals surface area contributed by atoms with Gasteiger partial charge in [0.25, 0.3) is 0 Å². The Morgan fingerprint density at radius 2 is 1.97 bits per heavy atom. The summed E-state index contributed by atoms with van der Waals surface area (Å²) in [7, 11) is 3.88. The van der Waals surface area contributed by atoms with E-state index in [1.54, 1.807) is 0 Å². The fraction of sp³-hybridized carbons (Fsp3) is 0.318. The van der Waals surface area contributed by atoms with Crippen LogP contribution in [-0.2, 0) is 11.2 Å². The van der Waals surface area contributed by atoms with Crippen LogP contribution in [-0.4, -0.2) is 46.1 Å². The number of hydrogen-bond donors (Lipinski definition) is 2. The quantitative estimate of drug-likeness (QED) is 0.668. The molecule has 2 N–H and O–H groups in total. The lowest BCUT2D eigenvalue weighted by Gasteiger charge is -2.17. The van der Waals surface area contributed by atoms with E-state index in [4.69, 9.17) is 4.74 Å². The third-order valence-electron chi connectivity index (χ3n) is 5.68. The van der Waals surface area contributed by atoms with E-state index in [1.807, 2.05) is 61.5 Å².